The summed E-state index contributed by atoms with van der Waals surface area (Å²) in [6, 6.07) is 0.0483. The van der Waals surface area contributed by atoms with Crippen LogP contribution in [0.15, 0.2) is 0 Å². The summed E-state index contributed by atoms with van der Waals surface area (Å²) in [4.78, 5) is 10.8. The first-order valence-electron chi connectivity index (χ1n) is 5.52. The number of aliphatic carboxylic acids is 1. The molecule has 0 aromatic rings. The number of thioether (sulfide) groups is 1. The molecule has 0 amide bonds. The van der Waals surface area contributed by atoms with Gasteiger partial charge >= 0.3 is 5.97 Å². The molecule has 1 rings (SSSR count). The summed E-state index contributed by atoms with van der Waals surface area (Å²) in [6.45, 7) is 4.64. The molecule has 0 aromatic heterocycles. The lowest BCUT2D eigenvalue weighted by atomic mass is 9.84. The summed E-state index contributed by atoms with van der Waals surface area (Å²) in [7, 11) is 0. The first-order chi connectivity index (χ1) is 7.01. The van der Waals surface area contributed by atoms with Gasteiger partial charge in [-0.15, -0.1) is 0 Å². The Morgan fingerprint density at radius 1 is 1.53 bits per heavy atom. The van der Waals surface area contributed by atoms with Crippen molar-refractivity contribution >= 4 is 17.7 Å². The zero-order chi connectivity index (χ0) is 11.5. The van der Waals surface area contributed by atoms with Crippen molar-refractivity contribution in [2.75, 3.05) is 12.8 Å². The van der Waals surface area contributed by atoms with E-state index in [0.717, 1.165) is 6.54 Å². The SMILES string of the molecule is CSC1(CNC(C)C(C)C(=O)O)CCC1. The normalized spacial score (nSPS) is 22.9. The molecule has 1 saturated carbocycles. The van der Waals surface area contributed by atoms with Crippen LogP contribution in [0.2, 0.25) is 0 Å². The van der Waals surface area contributed by atoms with E-state index in [-0.39, 0.29) is 12.0 Å². The van der Waals surface area contributed by atoms with Crippen LogP contribution in [0.3, 0.4) is 0 Å². The summed E-state index contributed by atoms with van der Waals surface area (Å²) >= 11 is 1.91. The molecule has 2 unspecified atom stereocenters. The molecule has 0 spiro atoms. The highest BCUT2D eigenvalue weighted by Crippen LogP contribution is 2.42. The zero-order valence-electron chi connectivity index (χ0n) is 9.75. The molecule has 4 heteroatoms. The van der Waals surface area contributed by atoms with E-state index in [0.29, 0.717) is 4.75 Å². The maximum absolute atomic E-state index is 10.8. The van der Waals surface area contributed by atoms with Crippen LogP contribution in [0.5, 0.6) is 0 Å². The monoisotopic (exact) mass is 231 g/mol. The van der Waals surface area contributed by atoms with Crippen LogP contribution in [-0.2, 0) is 4.79 Å². The van der Waals surface area contributed by atoms with Gasteiger partial charge in [0.15, 0.2) is 0 Å². The van der Waals surface area contributed by atoms with Crippen LogP contribution >= 0.6 is 11.8 Å². The predicted octanol–water partition coefficient (Wildman–Crippen LogP) is 1.97. The number of rotatable bonds is 6. The highest BCUT2D eigenvalue weighted by Gasteiger charge is 2.36. The zero-order valence-corrected chi connectivity index (χ0v) is 10.6. The van der Waals surface area contributed by atoms with Gasteiger partial charge < -0.3 is 10.4 Å². The van der Waals surface area contributed by atoms with E-state index in [4.69, 9.17) is 5.11 Å². The summed E-state index contributed by atoms with van der Waals surface area (Å²) in [5, 5.41) is 12.2. The topological polar surface area (TPSA) is 49.3 Å². The van der Waals surface area contributed by atoms with Gasteiger partial charge in [0, 0.05) is 17.3 Å². The molecule has 0 bridgehead atoms. The standard InChI is InChI=1S/C11H21NO2S/c1-8(10(13)14)9(2)12-7-11(15-3)5-4-6-11/h8-9,12H,4-7H2,1-3H3,(H,13,14). The number of carboxylic acid groups (broad SMARTS) is 1. The van der Waals surface area contributed by atoms with Crippen molar-refractivity contribution in [2.45, 2.75) is 43.9 Å². The van der Waals surface area contributed by atoms with Gasteiger partial charge in [-0.1, -0.05) is 13.3 Å². The van der Waals surface area contributed by atoms with E-state index in [2.05, 4.69) is 11.6 Å². The van der Waals surface area contributed by atoms with Crippen LogP contribution in [0.25, 0.3) is 0 Å². The summed E-state index contributed by atoms with van der Waals surface area (Å²) in [6.07, 6.45) is 5.97. The molecule has 0 aliphatic heterocycles. The van der Waals surface area contributed by atoms with E-state index in [1.165, 1.54) is 19.3 Å². The van der Waals surface area contributed by atoms with Gasteiger partial charge in [0.25, 0.3) is 0 Å². The molecular weight excluding hydrogens is 210 g/mol. The number of carboxylic acids is 1. The van der Waals surface area contributed by atoms with Crippen LogP contribution in [0, 0.1) is 5.92 Å². The van der Waals surface area contributed by atoms with Crippen molar-refractivity contribution < 1.29 is 9.90 Å². The fourth-order valence-corrected chi connectivity index (χ4v) is 2.69. The highest BCUT2D eigenvalue weighted by molar-refractivity contribution is 8.00. The fourth-order valence-electron chi connectivity index (χ4n) is 1.76. The average Bonchev–Trinajstić information content (AvgIpc) is 2.15. The van der Waals surface area contributed by atoms with E-state index in [9.17, 15) is 4.79 Å². The Labute approximate surface area is 96.0 Å². The molecule has 2 atom stereocenters. The second-order valence-corrected chi connectivity index (χ2v) is 5.81. The lowest BCUT2D eigenvalue weighted by molar-refractivity contribution is -0.141. The minimum absolute atomic E-state index is 0.0483. The third-order valence-electron chi connectivity index (χ3n) is 3.58. The molecule has 1 fully saturated rings. The smallest absolute Gasteiger partial charge is 0.307 e. The van der Waals surface area contributed by atoms with Crippen molar-refractivity contribution in [3.05, 3.63) is 0 Å². The Bertz CT molecular complexity index is 223. The summed E-state index contributed by atoms with van der Waals surface area (Å²) < 4.78 is 0.381. The van der Waals surface area contributed by atoms with E-state index < -0.39 is 5.97 Å². The van der Waals surface area contributed by atoms with Crippen molar-refractivity contribution in [1.82, 2.24) is 5.32 Å². The molecule has 3 nitrogen and oxygen atoms in total. The van der Waals surface area contributed by atoms with Gasteiger partial charge in [-0.05, 0) is 26.0 Å². The molecule has 15 heavy (non-hydrogen) atoms. The van der Waals surface area contributed by atoms with Crippen molar-refractivity contribution in [1.29, 1.82) is 0 Å². The van der Waals surface area contributed by atoms with Crippen molar-refractivity contribution in [3.8, 4) is 0 Å². The second-order valence-electron chi connectivity index (χ2n) is 4.54. The van der Waals surface area contributed by atoms with E-state index in [1.54, 1.807) is 6.92 Å². The molecule has 0 aromatic carbocycles. The predicted molar refractivity (Wildman–Crippen MR) is 64.4 cm³/mol. The number of carbonyl (C=O) groups is 1. The minimum Gasteiger partial charge on any atom is -0.481 e. The molecule has 0 radical (unpaired) electrons. The number of hydrogen-bond acceptors (Lipinski definition) is 3. The van der Waals surface area contributed by atoms with E-state index in [1.807, 2.05) is 18.7 Å². The van der Waals surface area contributed by atoms with Gasteiger partial charge in [0.1, 0.15) is 0 Å². The molecule has 2 N–H and O–H groups in total. The Morgan fingerprint density at radius 3 is 2.47 bits per heavy atom. The molecule has 1 aliphatic carbocycles. The van der Waals surface area contributed by atoms with Gasteiger partial charge in [-0.3, -0.25) is 4.79 Å². The lowest BCUT2D eigenvalue weighted by Crippen LogP contribution is -2.48. The fraction of sp³-hybridized carbons (Fsp3) is 0.909. The average molecular weight is 231 g/mol. The minimum atomic E-state index is -0.721. The molecule has 88 valence electrons. The maximum Gasteiger partial charge on any atom is 0.307 e. The third-order valence-corrected chi connectivity index (χ3v) is 5.00. The van der Waals surface area contributed by atoms with Crippen LogP contribution < -0.4 is 5.32 Å². The quantitative estimate of drug-likeness (QED) is 0.734. The Hall–Kier alpha value is -0.220. The third kappa shape index (κ3) is 3.11. The molecule has 0 heterocycles. The first kappa shape index (κ1) is 12.8. The van der Waals surface area contributed by atoms with Crippen molar-refractivity contribution in [2.24, 2.45) is 5.92 Å². The highest BCUT2D eigenvalue weighted by atomic mass is 32.2. The largest absolute Gasteiger partial charge is 0.481 e. The van der Waals surface area contributed by atoms with Crippen LogP contribution in [-0.4, -0.2) is 34.7 Å². The van der Waals surface area contributed by atoms with Gasteiger partial charge in [0.05, 0.1) is 5.92 Å². The van der Waals surface area contributed by atoms with Crippen molar-refractivity contribution in [3.63, 3.8) is 0 Å². The maximum atomic E-state index is 10.8. The van der Waals surface area contributed by atoms with Gasteiger partial charge in [-0.2, -0.15) is 11.8 Å². The van der Waals surface area contributed by atoms with Gasteiger partial charge in [0.2, 0.25) is 0 Å². The summed E-state index contributed by atoms with van der Waals surface area (Å²) in [5.41, 5.74) is 0. The summed E-state index contributed by atoms with van der Waals surface area (Å²) in [5.74, 6) is -1.04. The molecule has 0 saturated heterocycles. The number of nitrogens with one attached hydrogen (secondary N) is 1. The number of hydrogen-bond donors (Lipinski definition) is 2. The van der Waals surface area contributed by atoms with E-state index >= 15 is 0 Å². The van der Waals surface area contributed by atoms with Crippen LogP contribution in [0.4, 0.5) is 0 Å². The lowest BCUT2D eigenvalue weighted by Gasteiger charge is -2.41. The van der Waals surface area contributed by atoms with Gasteiger partial charge in [-0.25, -0.2) is 0 Å². The van der Waals surface area contributed by atoms with Crippen LogP contribution in [0.1, 0.15) is 33.1 Å². The Kier molecular flexibility index (Phi) is 4.46. The Balaban J connectivity index is 2.32. The Morgan fingerprint density at radius 2 is 2.13 bits per heavy atom. The second kappa shape index (κ2) is 5.21. The molecule has 1 aliphatic rings. The molecular formula is C11H21NO2S. The first-order valence-corrected chi connectivity index (χ1v) is 6.74.